The number of rotatable bonds is 18. The van der Waals surface area contributed by atoms with Crippen LogP contribution in [0.4, 0.5) is 0 Å². The number of aliphatic hydroxyl groups is 1. The molecule has 6 rings (SSSR count). The number of H-pyrrole nitrogens is 3. The van der Waals surface area contributed by atoms with Crippen molar-refractivity contribution in [3.8, 4) is 0 Å². The van der Waals surface area contributed by atoms with E-state index in [0.717, 1.165) is 6.42 Å². The fourth-order valence-corrected chi connectivity index (χ4v) is 8.09. The molecule has 5 N–H and O–H groups in total. The van der Waals surface area contributed by atoms with E-state index in [1.54, 1.807) is 35.0 Å². The Morgan fingerprint density at radius 1 is 0.662 bits per heavy atom. The first-order valence-corrected chi connectivity index (χ1v) is 24.1. The molecule has 0 radical (unpaired) electrons. The van der Waals surface area contributed by atoms with Gasteiger partial charge in [0.05, 0.1) is 50.5 Å². The number of nitrogens with zero attached hydrogens (tertiary/aromatic N) is 4. The standard InChI is InChI=1S/C15H20N2O7.C15H24N2O6.C11H16N2O4.C6H15N/c1-3-9-10(24-13(20)5-4-12(18)19)6-11(23-9)17-7-8(2)14(21)16-15(17)22;1-5-10-11(21-4)12(22-7-6-20-3)14(23-10)17-8-9(2)13(18)16-15(17)19;1-3-8-7(14)4-9(17-8)13-5-6(2)10(15)12-11(13)16;1-4-7(5-2)6-3/h7,9-11H,3-6H2,1-2H3,(H,18,19)(H,16,21,22);8,10-12,14H,5-7H2,1-4H3,(H,16,18,19);5,7-9,14H,3-4H2,1-2H3,(H,12,15,16);4-6H2,1-3H3/p+1/t9-,10-,11-;10-,11+,12?,14-;7-,8-,9-;/m111./s1. The molecular formula is C47H76N7O17+. The highest BCUT2D eigenvalue weighted by Gasteiger charge is 2.46. The Bertz CT molecular complexity index is 2510. The summed E-state index contributed by atoms with van der Waals surface area (Å²) in [5.74, 6) is -1.69. The van der Waals surface area contributed by atoms with Crippen LogP contribution in [0, 0.1) is 20.8 Å². The molecule has 3 aliphatic rings. The number of aromatic amines is 3. The highest BCUT2D eigenvalue weighted by molar-refractivity contribution is 5.76. The van der Waals surface area contributed by atoms with Crippen LogP contribution in [0.5, 0.6) is 0 Å². The van der Waals surface area contributed by atoms with E-state index in [2.05, 4.69) is 40.6 Å². The van der Waals surface area contributed by atoms with Gasteiger partial charge in [-0.1, -0.05) is 41.5 Å². The number of carbonyl (C=O) groups excluding carboxylic acids is 1. The number of aliphatic hydroxyl groups excluding tert-OH is 1. The SMILES string of the molecule is CCN(CC)CC.CC[C@H]1O[C@@H](n2cc(C)c(=O)[nH]c2=O)C(OCCOC)[C@H]1OC.CC[C@H]1O[C@@H](n2cc(C)c(=O)[nH]c2=O)C[C@H]1O.CC[C@H]1O[C@@H](n2cc(C)c(=O)[nH]c2=O)C[C@H]1OC(=O)CCC(=O)O.[H+]. The van der Waals surface area contributed by atoms with Crippen LogP contribution in [-0.4, -0.2) is 146 Å². The van der Waals surface area contributed by atoms with Crippen molar-refractivity contribution in [3.05, 3.63) is 97.8 Å². The fraction of sp³-hybridized carbons (Fsp3) is 0.702. The molecule has 0 saturated carbocycles. The van der Waals surface area contributed by atoms with Gasteiger partial charge in [-0.05, 0) is 59.7 Å². The van der Waals surface area contributed by atoms with Gasteiger partial charge < -0.3 is 48.3 Å². The molecule has 0 bridgehead atoms. The first-order chi connectivity index (χ1) is 33.7. The quantitative estimate of drug-likeness (QED) is 0.0897. The Morgan fingerprint density at radius 3 is 1.55 bits per heavy atom. The Hall–Kier alpha value is -5.34. The summed E-state index contributed by atoms with van der Waals surface area (Å²) in [4.78, 5) is 101. The van der Waals surface area contributed by atoms with Crippen LogP contribution in [0.15, 0.2) is 47.4 Å². The minimum absolute atomic E-state index is 0. The molecule has 3 aromatic rings. The van der Waals surface area contributed by atoms with Crippen molar-refractivity contribution < 1.29 is 54.4 Å². The molecule has 3 fully saturated rings. The van der Waals surface area contributed by atoms with E-state index in [1.807, 2.05) is 20.8 Å². The third-order valence-corrected chi connectivity index (χ3v) is 12.2. The number of ether oxygens (including phenoxy) is 7. The zero-order valence-electron chi connectivity index (χ0n) is 43.8. The zero-order chi connectivity index (χ0) is 53.1. The maximum absolute atomic E-state index is 12.2. The van der Waals surface area contributed by atoms with Crippen molar-refractivity contribution >= 4 is 11.9 Å². The number of carbonyl (C=O) groups is 2. The van der Waals surface area contributed by atoms with Crippen LogP contribution in [-0.2, 0) is 42.7 Å². The number of methoxy groups -OCH3 is 2. The van der Waals surface area contributed by atoms with E-state index in [9.17, 15) is 43.5 Å². The average molecular weight is 1010 g/mol. The molecule has 400 valence electrons. The minimum atomic E-state index is -1.07. The number of hydrogen-bond acceptors (Lipinski definition) is 17. The van der Waals surface area contributed by atoms with E-state index < -0.39 is 88.8 Å². The maximum Gasteiger partial charge on any atom is 1.00 e. The monoisotopic (exact) mass is 1010 g/mol. The van der Waals surface area contributed by atoms with Gasteiger partial charge in [0.1, 0.15) is 30.8 Å². The minimum Gasteiger partial charge on any atom is -0.481 e. The summed E-state index contributed by atoms with van der Waals surface area (Å²) in [6, 6.07) is 0. The van der Waals surface area contributed by atoms with Crippen LogP contribution >= 0.6 is 0 Å². The van der Waals surface area contributed by atoms with Crippen LogP contribution in [0.1, 0.15) is 123 Å². The van der Waals surface area contributed by atoms with Crippen LogP contribution in [0.2, 0.25) is 0 Å². The third kappa shape index (κ3) is 16.9. The molecule has 3 saturated heterocycles. The summed E-state index contributed by atoms with van der Waals surface area (Å²) < 4.78 is 42.9. The summed E-state index contributed by atoms with van der Waals surface area (Å²) in [5.41, 5.74) is -1.64. The number of carboxylic acids is 1. The van der Waals surface area contributed by atoms with Gasteiger partial charge in [0.25, 0.3) is 16.7 Å². The number of hydrogen-bond donors (Lipinski definition) is 5. The van der Waals surface area contributed by atoms with E-state index >= 15 is 0 Å². The average Bonchev–Trinajstić information content (AvgIpc) is 4.04. The number of aryl methyl sites for hydroxylation is 3. The van der Waals surface area contributed by atoms with Gasteiger partial charge in [-0.2, -0.15) is 0 Å². The highest BCUT2D eigenvalue weighted by Crippen LogP contribution is 2.35. The molecule has 0 amide bonds. The normalized spacial score (nSPS) is 24.6. The predicted octanol–water partition coefficient (Wildman–Crippen LogP) is 1.88. The first-order valence-electron chi connectivity index (χ1n) is 24.1. The van der Waals surface area contributed by atoms with Crippen LogP contribution < -0.4 is 33.7 Å². The fourth-order valence-electron chi connectivity index (χ4n) is 8.09. The summed E-state index contributed by atoms with van der Waals surface area (Å²) in [6.45, 7) is 21.5. The molecule has 0 spiro atoms. The Morgan fingerprint density at radius 2 is 1.13 bits per heavy atom. The summed E-state index contributed by atoms with van der Waals surface area (Å²) in [7, 11) is 3.18. The largest absolute Gasteiger partial charge is 1.00 e. The van der Waals surface area contributed by atoms with Crippen molar-refractivity contribution in [1.82, 2.24) is 33.6 Å². The molecule has 10 atom stereocenters. The molecular weight excluding hydrogens is 935 g/mol. The van der Waals surface area contributed by atoms with Crippen molar-refractivity contribution in [2.45, 2.75) is 169 Å². The van der Waals surface area contributed by atoms with E-state index in [0.29, 0.717) is 49.2 Å². The Balaban J connectivity index is 0.000000348. The number of nitrogens with one attached hydrogen (secondary N) is 3. The van der Waals surface area contributed by atoms with Crippen molar-refractivity contribution in [2.75, 3.05) is 47.1 Å². The number of carboxylic acid groups (broad SMARTS) is 1. The molecule has 71 heavy (non-hydrogen) atoms. The van der Waals surface area contributed by atoms with E-state index in [-0.39, 0.29) is 39.0 Å². The summed E-state index contributed by atoms with van der Waals surface area (Å²) in [6.07, 6.45) is 1.86. The van der Waals surface area contributed by atoms with Gasteiger partial charge >= 0.3 is 30.4 Å². The molecule has 0 aromatic carbocycles. The van der Waals surface area contributed by atoms with Crippen molar-refractivity contribution in [2.24, 2.45) is 0 Å². The Labute approximate surface area is 412 Å². The molecule has 24 nitrogen and oxygen atoms in total. The van der Waals surface area contributed by atoms with Gasteiger partial charge in [0, 0.05) is 62.3 Å². The second kappa shape index (κ2) is 29.2. The van der Waals surface area contributed by atoms with E-state index in [1.165, 1.54) is 51.9 Å². The molecule has 0 aliphatic carbocycles. The second-order valence-electron chi connectivity index (χ2n) is 17.1. The summed E-state index contributed by atoms with van der Waals surface area (Å²) >= 11 is 0. The number of aromatic nitrogens is 6. The zero-order valence-corrected chi connectivity index (χ0v) is 42.8. The lowest BCUT2D eigenvalue weighted by molar-refractivity contribution is -0.154. The van der Waals surface area contributed by atoms with Crippen LogP contribution in [0.25, 0.3) is 0 Å². The molecule has 3 aromatic heterocycles. The maximum atomic E-state index is 12.2. The second-order valence-corrected chi connectivity index (χ2v) is 17.1. The van der Waals surface area contributed by atoms with E-state index in [4.69, 9.17) is 38.3 Å². The number of aliphatic carboxylic acids is 1. The molecule has 6 heterocycles. The van der Waals surface area contributed by atoms with Gasteiger partial charge in [-0.25, -0.2) is 14.4 Å². The van der Waals surface area contributed by atoms with Gasteiger partial charge in [-0.3, -0.25) is 52.6 Å². The van der Waals surface area contributed by atoms with Gasteiger partial charge in [0.2, 0.25) is 0 Å². The third-order valence-electron chi connectivity index (χ3n) is 12.2. The highest BCUT2D eigenvalue weighted by atomic mass is 16.6. The molecule has 1 unspecified atom stereocenters. The number of esters is 1. The molecule has 24 heteroatoms. The lowest BCUT2D eigenvalue weighted by Gasteiger charge is -2.24. The van der Waals surface area contributed by atoms with Gasteiger partial charge in [-0.15, -0.1) is 0 Å². The topological polar surface area (TPSA) is 307 Å². The van der Waals surface area contributed by atoms with Crippen LogP contribution in [0.3, 0.4) is 0 Å². The van der Waals surface area contributed by atoms with Gasteiger partial charge in [0.15, 0.2) is 6.23 Å². The Kier molecular flexibility index (Phi) is 24.7. The van der Waals surface area contributed by atoms with Crippen molar-refractivity contribution in [3.63, 3.8) is 0 Å². The lowest BCUT2D eigenvalue weighted by Crippen LogP contribution is -2.40. The molecule has 3 aliphatic heterocycles. The lowest BCUT2D eigenvalue weighted by atomic mass is 10.1. The smallest absolute Gasteiger partial charge is 0.481 e. The summed E-state index contributed by atoms with van der Waals surface area (Å²) in [5, 5.41) is 18.3. The van der Waals surface area contributed by atoms with Crippen molar-refractivity contribution in [1.29, 1.82) is 0 Å². The predicted molar refractivity (Wildman–Crippen MR) is 260 cm³/mol. The first kappa shape index (κ1) is 60.0.